The Labute approximate surface area is 117 Å². The average Bonchev–Trinajstić information content (AvgIpc) is 2.29. The molecule has 1 aliphatic heterocycles. The molecule has 1 aromatic rings. The van der Waals surface area contributed by atoms with E-state index in [0.717, 1.165) is 25.2 Å². The van der Waals surface area contributed by atoms with Crippen LogP contribution in [-0.2, 0) is 10.0 Å². The van der Waals surface area contributed by atoms with Gasteiger partial charge in [0.2, 0.25) is 10.0 Å². The molecule has 1 aromatic carbocycles. The Morgan fingerprint density at radius 3 is 2.42 bits per heavy atom. The minimum atomic E-state index is -3.93. The van der Waals surface area contributed by atoms with Gasteiger partial charge < -0.3 is 5.32 Å². The summed E-state index contributed by atoms with van der Waals surface area (Å²) >= 11 is 0. The van der Waals surface area contributed by atoms with Crippen molar-refractivity contribution in [2.45, 2.75) is 23.8 Å². The summed E-state index contributed by atoms with van der Waals surface area (Å²) in [6.07, 6.45) is 1.31. The van der Waals surface area contributed by atoms with E-state index in [1.54, 1.807) is 0 Å². The van der Waals surface area contributed by atoms with Gasteiger partial charge in [-0.1, -0.05) is 0 Å². The molecule has 0 saturated carbocycles. The lowest BCUT2D eigenvalue weighted by Crippen LogP contribution is -2.42. The maximum atomic E-state index is 13.4. The highest BCUT2D eigenvalue weighted by molar-refractivity contribution is 7.89. The Kier molecular flexibility index (Phi) is 5.66. The van der Waals surface area contributed by atoms with Gasteiger partial charge in [0, 0.05) is 12.1 Å². The molecular weight excluding hydrogens is 298 g/mol. The highest BCUT2D eigenvalue weighted by Crippen LogP contribution is 2.17. The van der Waals surface area contributed by atoms with Crippen molar-refractivity contribution in [2.24, 2.45) is 0 Å². The Hall–Kier alpha value is -0.760. The molecule has 1 fully saturated rings. The summed E-state index contributed by atoms with van der Waals surface area (Å²) in [6, 6.07) is 2.23. The highest BCUT2D eigenvalue weighted by atomic mass is 35.5. The lowest BCUT2D eigenvalue weighted by Gasteiger charge is -2.23. The van der Waals surface area contributed by atoms with Crippen LogP contribution in [0.4, 0.5) is 8.78 Å². The number of hydrogen-bond acceptors (Lipinski definition) is 3. The number of rotatable bonds is 3. The predicted octanol–water partition coefficient (Wildman–Crippen LogP) is 1.42. The number of halogens is 3. The van der Waals surface area contributed by atoms with Gasteiger partial charge >= 0.3 is 0 Å². The summed E-state index contributed by atoms with van der Waals surface area (Å²) in [5, 5.41) is 3.10. The van der Waals surface area contributed by atoms with Crippen LogP contribution in [0.1, 0.15) is 12.8 Å². The number of benzene rings is 1. The van der Waals surface area contributed by atoms with Crippen LogP contribution >= 0.6 is 12.4 Å². The minimum absolute atomic E-state index is 0. The zero-order valence-electron chi connectivity index (χ0n) is 10.0. The highest BCUT2D eigenvalue weighted by Gasteiger charge is 2.24. The molecule has 0 bridgehead atoms. The SMILES string of the molecule is Cl.O=S(=O)(NC1CCNCC1)c1ccc(F)cc1F. The monoisotopic (exact) mass is 312 g/mol. The molecule has 0 amide bonds. The van der Waals surface area contributed by atoms with Gasteiger partial charge in [0.05, 0.1) is 0 Å². The third-order valence-corrected chi connectivity index (χ3v) is 4.40. The maximum absolute atomic E-state index is 13.4. The van der Waals surface area contributed by atoms with Crippen LogP contribution in [0.25, 0.3) is 0 Å². The zero-order chi connectivity index (χ0) is 13.2. The van der Waals surface area contributed by atoms with E-state index >= 15 is 0 Å². The van der Waals surface area contributed by atoms with Crippen molar-refractivity contribution in [3.63, 3.8) is 0 Å². The number of piperidine rings is 1. The van der Waals surface area contributed by atoms with E-state index in [4.69, 9.17) is 0 Å². The molecule has 19 heavy (non-hydrogen) atoms. The van der Waals surface area contributed by atoms with Gasteiger partial charge in [0.25, 0.3) is 0 Å². The van der Waals surface area contributed by atoms with E-state index in [0.29, 0.717) is 18.9 Å². The third-order valence-electron chi connectivity index (χ3n) is 2.84. The molecule has 0 aromatic heterocycles. The molecule has 0 atom stereocenters. The van der Waals surface area contributed by atoms with Crippen molar-refractivity contribution in [3.8, 4) is 0 Å². The van der Waals surface area contributed by atoms with E-state index in [-0.39, 0.29) is 18.4 Å². The molecule has 0 aliphatic carbocycles. The zero-order valence-corrected chi connectivity index (χ0v) is 11.7. The second-order valence-corrected chi connectivity index (χ2v) is 5.90. The first-order chi connectivity index (χ1) is 8.49. The van der Waals surface area contributed by atoms with Gasteiger partial charge in [0.1, 0.15) is 16.5 Å². The maximum Gasteiger partial charge on any atom is 0.243 e. The molecule has 4 nitrogen and oxygen atoms in total. The van der Waals surface area contributed by atoms with Crippen molar-refractivity contribution in [1.82, 2.24) is 10.0 Å². The summed E-state index contributed by atoms with van der Waals surface area (Å²) in [6.45, 7) is 1.44. The smallest absolute Gasteiger partial charge is 0.243 e. The molecule has 2 N–H and O–H groups in total. The topological polar surface area (TPSA) is 58.2 Å². The largest absolute Gasteiger partial charge is 0.317 e. The molecule has 0 spiro atoms. The van der Waals surface area contributed by atoms with Crippen LogP contribution in [0.5, 0.6) is 0 Å². The normalized spacial score (nSPS) is 16.9. The van der Waals surface area contributed by atoms with Crippen molar-refractivity contribution < 1.29 is 17.2 Å². The summed E-state index contributed by atoms with van der Waals surface area (Å²) in [5.41, 5.74) is 0. The molecule has 0 unspecified atom stereocenters. The first kappa shape index (κ1) is 16.3. The fourth-order valence-electron chi connectivity index (χ4n) is 1.92. The van der Waals surface area contributed by atoms with E-state index in [2.05, 4.69) is 10.0 Å². The Bertz CT molecular complexity index is 533. The Morgan fingerprint density at radius 1 is 1.21 bits per heavy atom. The molecule has 0 radical (unpaired) electrons. The second-order valence-electron chi connectivity index (χ2n) is 4.22. The van der Waals surface area contributed by atoms with Crippen LogP contribution in [0.2, 0.25) is 0 Å². The lowest BCUT2D eigenvalue weighted by atomic mass is 10.1. The number of sulfonamides is 1. The number of hydrogen-bond donors (Lipinski definition) is 2. The number of nitrogens with one attached hydrogen (secondary N) is 2. The standard InChI is InChI=1S/C11H14F2N2O2S.ClH/c12-8-1-2-11(10(13)7-8)18(16,17)15-9-3-5-14-6-4-9;/h1-2,7,9,14-15H,3-6H2;1H. The average molecular weight is 313 g/mol. The summed E-state index contributed by atoms with van der Waals surface area (Å²) < 4.78 is 52.5. The van der Waals surface area contributed by atoms with E-state index in [9.17, 15) is 17.2 Å². The van der Waals surface area contributed by atoms with Crippen LogP contribution in [0, 0.1) is 11.6 Å². The van der Waals surface area contributed by atoms with Crippen molar-refractivity contribution in [2.75, 3.05) is 13.1 Å². The van der Waals surface area contributed by atoms with E-state index in [1.807, 2.05) is 0 Å². The van der Waals surface area contributed by atoms with E-state index < -0.39 is 26.6 Å². The lowest BCUT2D eigenvalue weighted by molar-refractivity contribution is 0.426. The molecule has 1 aliphatic rings. The first-order valence-electron chi connectivity index (χ1n) is 5.67. The fourth-order valence-corrected chi connectivity index (χ4v) is 3.28. The van der Waals surface area contributed by atoms with Crippen LogP contribution in [-0.4, -0.2) is 27.5 Å². The Morgan fingerprint density at radius 2 is 1.84 bits per heavy atom. The van der Waals surface area contributed by atoms with Gasteiger partial charge in [-0.3, -0.25) is 0 Å². The van der Waals surface area contributed by atoms with Crippen molar-refractivity contribution in [3.05, 3.63) is 29.8 Å². The van der Waals surface area contributed by atoms with Gasteiger partial charge in [-0.2, -0.15) is 0 Å². The Balaban J connectivity index is 0.00000180. The molecule has 1 saturated heterocycles. The van der Waals surface area contributed by atoms with Crippen LogP contribution < -0.4 is 10.0 Å². The van der Waals surface area contributed by atoms with Crippen molar-refractivity contribution in [1.29, 1.82) is 0 Å². The molecule has 108 valence electrons. The van der Waals surface area contributed by atoms with Crippen LogP contribution in [0.3, 0.4) is 0 Å². The van der Waals surface area contributed by atoms with Crippen molar-refractivity contribution >= 4 is 22.4 Å². The molecule has 2 rings (SSSR count). The fraction of sp³-hybridized carbons (Fsp3) is 0.455. The summed E-state index contributed by atoms with van der Waals surface area (Å²) in [4.78, 5) is -0.512. The molecule has 8 heteroatoms. The molecule has 1 heterocycles. The second kappa shape index (κ2) is 6.60. The van der Waals surface area contributed by atoms with E-state index in [1.165, 1.54) is 0 Å². The van der Waals surface area contributed by atoms with Crippen LogP contribution in [0.15, 0.2) is 23.1 Å². The van der Waals surface area contributed by atoms with Gasteiger partial charge in [-0.15, -0.1) is 12.4 Å². The predicted molar refractivity (Wildman–Crippen MR) is 69.8 cm³/mol. The quantitative estimate of drug-likeness (QED) is 0.887. The first-order valence-corrected chi connectivity index (χ1v) is 7.15. The summed E-state index contributed by atoms with van der Waals surface area (Å²) in [7, 11) is -3.93. The third kappa shape index (κ3) is 4.10. The minimum Gasteiger partial charge on any atom is -0.317 e. The van der Waals surface area contributed by atoms with Gasteiger partial charge in [-0.05, 0) is 38.1 Å². The molecular formula is C11H15ClF2N2O2S. The summed E-state index contributed by atoms with van der Waals surface area (Å²) in [5.74, 6) is -1.87. The van der Waals surface area contributed by atoms with Gasteiger partial charge in [0.15, 0.2) is 0 Å². The van der Waals surface area contributed by atoms with Gasteiger partial charge in [-0.25, -0.2) is 21.9 Å².